The Hall–Kier alpha value is -4.64. The molecule has 0 amide bonds. The number of ether oxygens (including phenoxy) is 3. The predicted molar refractivity (Wildman–Crippen MR) is 154 cm³/mol. The zero-order valence-electron chi connectivity index (χ0n) is 22.5. The van der Waals surface area contributed by atoms with Gasteiger partial charge in [-0.25, -0.2) is 0 Å². The minimum atomic E-state index is -0.478. The standard InChI is InChI=1S/C35H30N2O3/c1-22-26-13-3-9-23-10-4-16-28(27(23)21-26)40-35-34(39-29-17-5-11-24-14-7-19-36(2)31(24)29)33(22)38-30-18-6-12-25-15-8-20-37(35)32(25)30/h3-22,26,33-35H,1-2H3/q+2. The van der Waals surface area contributed by atoms with E-state index in [2.05, 4.69) is 139 Å². The van der Waals surface area contributed by atoms with E-state index in [0.717, 1.165) is 49.5 Å². The van der Waals surface area contributed by atoms with Crippen molar-refractivity contribution in [3.05, 3.63) is 114 Å². The first-order valence-corrected chi connectivity index (χ1v) is 14.0. The van der Waals surface area contributed by atoms with Crippen molar-refractivity contribution in [2.75, 3.05) is 0 Å². The summed E-state index contributed by atoms with van der Waals surface area (Å²) in [4.78, 5) is 0. The number of fused-ring (bicyclic) bond motifs is 5. The van der Waals surface area contributed by atoms with E-state index in [-0.39, 0.29) is 17.9 Å². The van der Waals surface area contributed by atoms with E-state index in [1.54, 1.807) is 0 Å². The molecule has 196 valence electrons. The van der Waals surface area contributed by atoms with Gasteiger partial charge in [-0.3, -0.25) is 0 Å². The van der Waals surface area contributed by atoms with Gasteiger partial charge in [0.05, 0.1) is 10.8 Å². The molecule has 0 saturated heterocycles. The summed E-state index contributed by atoms with van der Waals surface area (Å²) in [7, 11) is 2.06. The Morgan fingerprint density at radius 2 is 1.52 bits per heavy atom. The third-order valence-electron chi connectivity index (χ3n) is 8.63. The monoisotopic (exact) mass is 526 g/mol. The molecule has 5 atom stereocenters. The lowest BCUT2D eigenvalue weighted by molar-refractivity contribution is -0.738. The van der Waals surface area contributed by atoms with Gasteiger partial charge >= 0.3 is 6.23 Å². The van der Waals surface area contributed by atoms with Gasteiger partial charge < -0.3 is 14.2 Å². The quantitative estimate of drug-likeness (QED) is 0.322. The van der Waals surface area contributed by atoms with Crippen molar-refractivity contribution in [1.29, 1.82) is 0 Å². The summed E-state index contributed by atoms with van der Waals surface area (Å²) < 4.78 is 25.6. The molecule has 8 rings (SSSR count). The molecule has 2 aromatic heterocycles. The Bertz CT molecular complexity index is 1950. The second-order valence-electron chi connectivity index (χ2n) is 11.0. The highest BCUT2D eigenvalue weighted by molar-refractivity contribution is 5.82. The van der Waals surface area contributed by atoms with Crippen molar-refractivity contribution >= 4 is 34.0 Å². The van der Waals surface area contributed by atoms with Crippen molar-refractivity contribution in [3.8, 4) is 17.2 Å². The molecule has 5 heteroatoms. The van der Waals surface area contributed by atoms with Gasteiger partial charge in [-0.2, -0.15) is 9.13 Å². The Kier molecular flexibility index (Phi) is 5.21. The summed E-state index contributed by atoms with van der Waals surface area (Å²) in [5.41, 5.74) is 2.05. The van der Waals surface area contributed by atoms with Gasteiger partial charge in [0, 0.05) is 29.2 Å². The number of nitrogens with zero attached hydrogens (tertiary/aromatic N) is 2. The third-order valence-corrected chi connectivity index (χ3v) is 8.63. The highest BCUT2D eigenvalue weighted by Gasteiger charge is 2.50. The molecule has 3 aliphatic rings. The summed E-state index contributed by atoms with van der Waals surface area (Å²) in [6, 6.07) is 27.2. The highest BCUT2D eigenvalue weighted by Crippen LogP contribution is 2.38. The van der Waals surface area contributed by atoms with Gasteiger partial charge in [0.2, 0.25) is 6.10 Å². The summed E-state index contributed by atoms with van der Waals surface area (Å²) in [6.07, 6.45) is 11.9. The summed E-state index contributed by atoms with van der Waals surface area (Å²) in [5.74, 6) is 2.72. The first-order chi connectivity index (χ1) is 19.7. The van der Waals surface area contributed by atoms with Crippen molar-refractivity contribution in [1.82, 2.24) is 0 Å². The smallest absolute Gasteiger partial charge is 0.343 e. The maximum absolute atomic E-state index is 7.14. The molecule has 5 nitrogen and oxygen atoms in total. The van der Waals surface area contributed by atoms with Crippen LogP contribution in [-0.2, 0) is 7.05 Å². The molecule has 4 heterocycles. The topological polar surface area (TPSA) is 35.5 Å². The van der Waals surface area contributed by atoms with Crippen LogP contribution >= 0.6 is 0 Å². The first kappa shape index (κ1) is 23.3. The van der Waals surface area contributed by atoms with Crippen LogP contribution in [0.5, 0.6) is 17.2 Å². The average molecular weight is 527 g/mol. The number of para-hydroxylation sites is 2. The Morgan fingerprint density at radius 1 is 0.775 bits per heavy atom. The van der Waals surface area contributed by atoms with Crippen LogP contribution in [0.4, 0.5) is 0 Å². The second kappa shape index (κ2) is 8.95. The van der Waals surface area contributed by atoms with E-state index in [0.29, 0.717) is 0 Å². The molecular weight excluding hydrogens is 496 g/mol. The fourth-order valence-corrected chi connectivity index (χ4v) is 6.60. The van der Waals surface area contributed by atoms with E-state index in [1.807, 2.05) is 0 Å². The molecule has 3 aromatic carbocycles. The van der Waals surface area contributed by atoms with E-state index in [9.17, 15) is 0 Å². The summed E-state index contributed by atoms with van der Waals surface area (Å²) in [5, 5.41) is 4.49. The maximum Gasteiger partial charge on any atom is 0.343 e. The number of hydrogen-bond acceptors (Lipinski definition) is 3. The molecule has 5 unspecified atom stereocenters. The van der Waals surface area contributed by atoms with Gasteiger partial charge in [0.1, 0.15) is 18.9 Å². The highest BCUT2D eigenvalue weighted by atomic mass is 16.6. The van der Waals surface area contributed by atoms with Crippen LogP contribution in [0.15, 0.2) is 103 Å². The van der Waals surface area contributed by atoms with Gasteiger partial charge in [-0.15, -0.1) is 0 Å². The lowest BCUT2D eigenvalue weighted by atomic mass is 9.85. The molecule has 4 bridgehead atoms. The van der Waals surface area contributed by atoms with E-state index in [1.165, 1.54) is 0 Å². The molecule has 0 radical (unpaired) electrons. The molecule has 0 spiro atoms. The third kappa shape index (κ3) is 3.54. The summed E-state index contributed by atoms with van der Waals surface area (Å²) in [6.45, 7) is 2.27. The molecule has 40 heavy (non-hydrogen) atoms. The van der Waals surface area contributed by atoms with E-state index in [4.69, 9.17) is 14.2 Å². The van der Waals surface area contributed by atoms with Gasteiger partial charge in [-0.05, 0) is 47.7 Å². The van der Waals surface area contributed by atoms with E-state index < -0.39 is 12.3 Å². The molecule has 0 fully saturated rings. The van der Waals surface area contributed by atoms with Crippen molar-refractivity contribution in [2.45, 2.75) is 25.4 Å². The SMILES string of the molecule is CC1C2C=CC=c3cccc(c3=C2)OC2C(Oc3cccc4ccc[n+](C)c34)C1Oc1cccc3ccc[n+]2c13. The number of pyridine rings is 2. The van der Waals surface area contributed by atoms with Gasteiger partial charge in [-0.1, -0.05) is 55.5 Å². The zero-order chi connectivity index (χ0) is 26.8. The van der Waals surface area contributed by atoms with Crippen molar-refractivity contribution in [3.63, 3.8) is 0 Å². The molecule has 0 N–H and O–H groups in total. The van der Waals surface area contributed by atoms with Crippen molar-refractivity contribution in [2.24, 2.45) is 18.9 Å². The Balaban J connectivity index is 1.41. The van der Waals surface area contributed by atoms with Crippen LogP contribution in [0.25, 0.3) is 34.0 Å². The minimum absolute atomic E-state index is 0.0896. The molecule has 5 aromatic rings. The van der Waals surface area contributed by atoms with Gasteiger partial charge in [0.25, 0.3) is 11.0 Å². The largest absolute Gasteiger partial charge is 0.479 e. The van der Waals surface area contributed by atoms with E-state index >= 15 is 0 Å². The first-order valence-electron chi connectivity index (χ1n) is 14.0. The van der Waals surface area contributed by atoms with Crippen LogP contribution in [0.3, 0.4) is 0 Å². The number of benzene rings is 3. The number of aryl methyl sites for hydroxylation is 1. The molecule has 2 aliphatic heterocycles. The number of aromatic nitrogens is 2. The van der Waals surface area contributed by atoms with Crippen molar-refractivity contribution < 1.29 is 23.3 Å². The summed E-state index contributed by atoms with van der Waals surface area (Å²) >= 11 is 0. The lowest BCUT2D eigenvalue weighted by Crippen LogP contribution is -2.56. The van der Waals surface area contributed by atoms with Crippen LogP contribution < -0.4 is 33.8 Å². The number of rotatable bonds is 2. The van der Waals surface area contributed by atoms with Gasteiger partial charge in [0.15, 0.2) is 23.9 Å². The predicted octanol–water partition coefficient (Wildman–Crippen LogP) is 4.29. The normalized spacial score (nSPS) is 24.2. The fraction of sp³-hybridized carbons (Fsp3) is 0.200. The van der Waals surface area contributed by atoms with Crippen LogP contribution in [0, 0.1) is 11.8 Å². The second-order valence-corrected chi connectivity index (χ2v) is 11.0. The van der Waals surface area contributed by atoms with Crippen LogP contribution in [0.2, 0.25) is 0 Å². The van der Waals surface area contributed by atoms with Crippen LogP contribution in [-0.4, -0.2) is 12.2 Å². The molecule has 0 saturated carbocycles. The minimum Gasteiger partial charge on any atom is -0.479 e. The molecular formula is C35H30N2O3+2. The zero-order valence-corrected chi connectivity index (χ0v) is 22.5. The Labute approximate surface area is 232 Å². The number of hydrogen-bond donors (Lipinski definition) is 0. The van der Waals surface area contributed by atoms with Crippen LogP contribution in [0.1, 0.15) is 13.2 Å². The Morgan fingerprint density at radius 3 is 2.42 bits per heavy atom. The lowest BCUT2D eigenvalue weighted by Gasteiger charge is -2.33. The molecule has 1 aliphatic carbocycles. The number of allylic oxidation sites excluding steroid dienone is 2. The maximum atomic E-state index is 7.14. The average Bonchev–Trinajstić information content (AvgIpc) is 3.25. The fourth-order valence-electron chi connectivity index (χ4n) is 6.60.